The number of hydrogen-bond acceptors (Lipinski definition) is 6. The van der Waals surface area contributed by atoms with E-state index in [1.54, 1.807) is 0 Å². The summed E-state index contributed by atoms with van der Waals surface area (Å²) in [5.74, 6) is -0.901. The van der Waals surface area contributed by atoms with Gasteiger partial charge in [-0.2, -0.15) is 0 Å². The van der Waals surface area contributed by atoms with Gasteiger partial charge in [-0.1, -0.05) is 173 Å². The van der Waals surface area contributed by atoms with Crippen molar-refractivity contribution in [1.29, 1.82) is 0 Å². The highest BCUT2D eigenvalue weighted by molar-refractivity contribution is 5.71. The van der Waals surface area contributed by atoms with Crippen molar-refractivity contribution >= 4 is 17.9 Å². The highest BCUT2D eigenvalue weighted by Gasteiger charge is 2.19. The maximum atomic E-state index is 12.6. The van der Waals surface area contributed by atoms with Gasteiger partial charge in [0.25, 0.3) is 0 Å². The molecule has 0 fully saturated rings. The number of rotatable bonds is 38. The van der Waals surface area contributed by atoms with Crippen LogP contribution < -0.4 is 0 Å². The summed E-state index contributed by atoms with van der Waals surface area (Å²) in [6.45, 7) is 6.50. The van der Waals surface area contributed by atoms with Crippen molar-refractivity contribution in [3.63, 3.8) is 0 Å². The minimum absolute atomic E-state index is 0.0745. The minimum atomic E-state index is -0.766. The van der Waals surface area contributed by atoms with Gasteiger partial charge in [-0.25, -0.2) is 0 Å². The Bertz CT molecular complexity index is 819. The summed E-state index contributed by atoms with van der Waals surface area (Å²) in [6, 6.07) is 0. The van der Waals surface area contributed by atoms with E-state index in [4.69, 9.17) is 14.2 Å². The van der Waals surface area contributed by atoms with Crippen molar-refractivity contribution < 1.29 is 28.6 Å². The molecule has 0 aliphatic carbocycles. The Morgan fingerprint density at radius 3 is 1.14 bits per heavy atom. The Morgan fingerprint density at radius 2 is 0.720 bits per heavy atom. The average Bonchev–Trinajstić information content (AvgIpc) is 3.11. The van der Waals surface area contributed by atoms with Crippen molar-refractivity contribution in [2.45, 2.75) is 226 Å². The molecule has 0 rings (SSSR count). The van der Waals surface area contributed by atoms with Gasteiger partial charge >= 0.3 is 17.9 Å². The molecule has 0 aromatic carbocycles. The second kappa shape index (κ2) is 39.7. The van der Waals surface area contributed by atoms with E-state index in [2.05, 4.69) is 45.1 Å². The van der Waals surface area contributed by atoms with Gasteiger partial charge in [0.15, 0.2) is 6.10 Å². The second-order valence-corrected chi connectivity index (χ2v) is 14.3. The number of hydrogen-bond donors (Lipinski definition) is 0. The van der Waals surface area contributed by atoms with E-state index in [0.29, 0.717) is 19.3 Å². The molecule has 1 unspecified atom stereocenters. The fourth-order valence-corrected chi connectivity index (χ4v) is 5.94. The number of ether oxygens (including phenoxy) is 3. The van der Waals surface area contributed by atoms with E-state index in [1.807, 2.05) is 0 Å². The Balaban J connectivity index is 4.26. The van der Waals surface area contributed by atoms with Crippen LogP contribution in [-0.2, 0) is 28.6 Å². The van der Waals surface area contributed by atoms with Crippen LogP contribution in [0, 0.1) is 0 Å². The molecule has 0 spiro atoms. The summed E-state index contributed by atoms with van der Waals surface area (Å²) in [6.07, 6.45) is 41.8. The lowest BCUT2D eigenvalue weighted by atomic mass is 10.0. The van der Waals surface area contributed by atoms with Crippen molar-refractivity contribution in [1.82, 2.24) is 0 Å². The smallest absolute Gasteiger partial charge is 0.306 e. The molecular weight excluding hydrogens is 624 g/mol. The summed E-state index contributed by atoms with van der Waals surface area (Å²) in [5, 5.41) is 0. The van der Waals surface area contributed by atoms with Crippen LogP contribution in [-0.4, -0.2) is 37.2 Å². The lowest BCUT2D eigenvalue weighted by Gasteiger charge is -2.18. The summed E-state index contributed by atoms with van der Waals surface area (Å²) in [7, 11) is 0. The number of allylic oxidation sites excluding steroid dienone is 4. The van der Waals surface area contributed by atoms with Gasteiger partial charge in [0.2, 0.25) is 0 Å². The number of unbranched alkanes of at least 4 members (excludes halogenated alkanes) is 23. The van der Waals surface area contributed by atoms with E-state index < -0.39 is 6.10 Å². The van der Waals surface area contributed by atoms with E-state index in [1.165, 1.54) is 96.3 Å². The van der Waals surface area contributed by atoms with E-state index in [-0.39, 0.29) is 31.1 Å². The van der Waals surface area contributed by atoms with Crippen molar-refractivity contribution in [3.8, 4) is 0 Å². The van der Waals surface area contributed by atoms with Crippen LogP contribution in [0.1, 0.15) is 220 Å². The van der Waals surface area contributed by atoms with Gasteiger partial charge in [-0.15, -0.1) is 0 Å². The first kappa shape index (κ1) is 47.9. The molecule has 0 N–H and O–H groups in total. The molecule has 6 heteroatoms. The molecule has 0 saturated heterocycles. The van der Waals surface area contributed by atoms with Crippen LogP contribution in [0.15, 0.2) is 24.3 Å². The summed E-state index contributed by atoms with van der Waals surface area (Å²) in [4.78, 5) is 37.4. The molecule has 6 nitrogen and oxygen atoms in total. The fraction of sp³-hybridized carbons (Fsp3) is 0.841. The highest BCUT2D eigenvalue weighted by atomic mass is 16.6. The molecule has 0 heterocycles. The van der Waals surface area contributed by atoms with Crippen LogP contribution in [0.2, 0.25) is 0 Å². The van der Waals surface area contributed by atoms with E-state index in [0.717, 1.165) is 83.5 Å². The van der Waals surface area contributed by atoms with Gasteiger partial charge in [0.05, 0.1) is 0 Å². The molecule has 0 aromatic heterocycles. The fourth-order valence-electron chi connectivity index (χ4n) is 5.94. The number of carbonyl (C=O) groups excluding carboxylic acids is 3. The third-order valence-electron chi connectivity index (χ3n) is 9.21. The Kier molecular flexibility index (Phi) is 38.0. The Morgan fingerprint density at radius 1 is 0.400 bits per heavy atom. The third kappa shape index (κ3) is 37.2. The zero-order chi connectivity index (χ0) is 36.6. The Hall–Kier alpha value is -2.11. The van der Waals surface area contributed by atoms with Crippen molar-refractivity contribution in [2.75, 3.05) is 13.2 Å². The molecule has 0 bridgehead atoms. The van der Waals surface area contributed by atoms with E-state index in [9.17, 15) is 14.4 Å². The van der Waals surface area contributed by atoms with Crippen molar-refractivity contribution in [2.24, 2.45) is 0 Å². The normalized spacial score (nSPS) is 12.1. The zero-order valence-corrected chi connectivity index (χ0v) is 33.2. The van der Waals surface area contributed by atoms with E-state index >= 15 is 0 Å². The van der Waals surface area contributed by atoms with Gasteiger partial charge in [-0.3, -0.25) is 14.4 Å². The highest BCUT2D eigenvalue weighted by Crippen LogP contribution is 2.14. The summed E-state index contributed by atoms with van der Waals surface area (Å²) < 4.78 is 16.6. The van der Waals surface area contributed by atoms with Crippen LogP contribution >= 0.6 is 0 Å². The molecule has 0 saturated carbocycles. The largest absolute Gasteiger partial charge is 0.462 e. The average molecular weight is 705 g/mol. The zero-order valence-electron chi connectivity index (χ0n) is 33.2. The topological polar surface area (TPSA) is 78.9 Å². The second-order valence-electron chi connectivity index (χ2n) is 14.3. The molecule has 0 aliphatic heterocycles. The first-order chi connectivity index (χ1) is 24.5. The first-order valence-electron chi connectivity index (χ1n) is 21.3. The maximum absolute atomic E-state index is 12.6. The SMILES string of the molecule is CCCCC/C=C\C/C=C\CCCCCCCC(=O)OCC(COC(=O)CCCCCCC)OC(=O)CCCCCCCCCCCCCC. The minimum Gasteiger partial charge on any atom is -0.462 e. The molecule has 0 aliphatic rings. The predicted molar refractivity (Wildman–Crippen MR) is 210 cm³/mol. The van der Waals surface area contributed by atoms with Gasteiger partial charge in [-0.05, 0) is 51.4 Å². The number of esters is 3. The lowest BCUT2D eigenvalue weighted by Crippen LogP contribution is -2.30. The summed E-state index contributed by atoms with van der Waals surface area (Å²) >= 11 is 0. The number of carbonyl (C=O) groups is 3. The Labute approximate surface area is 309 Å². The van der Waals surface area contributed by atoms with Crippen molar-refractivity contribution in [3.05, 3.63) is 24.3 Å². The lowest BCUT2D eigenvalue weighted by molar-refractivity contribution is -0.167. The van der Waals surface area contributed by atoms with Crippen LogP contribution in [0.25, 0.3) is 0 Å². The molecule has 0 aromatic rings. The molecular formula is C44H80O6. The van der Waals surface area contributed by atoms with Gasteiger partial charge in [0, 0.05) is 19.3 Å². The molecule has 50 heavy (non-hydrogen) atoms. The maximum Gasteiger partial charge on any atom is 0.306 e. The standard InChI is InChI=1S/C44H80O6/c1-4-7-10-13-15-17-19-21-22-23-25-26-28-31-34-37-43(46)49-40-41(39-48-42(45)36-33-30-12-9-6-3)50-44(47)38-35-32-29-27-24-20-18-16-14-11-8-5-2/h15,17,21-22,41H,4-14,16,18-20,23-40H2,1-3H3/b17-15-,22-21-. The predicted octanol–water partition coefficient (Wildman–Crippen LogP) is 13.2. The van der Waals surface area contributed by atoms with Gasteiger partial charge in [0.1, 0.15) is 13.2 Å². The third-order valence-corrected chi connectivity index (χ3v) is 9.21. The van der Waals surface area contributed by atoms with Gasteiger partial charge < -0.3 is 14.2 Å². The quantitative estimate of drug-likeness (QED) is 0.0275. The summed E-state index contributed by atoms with van der Waals surface area (Å²) in [5.41, 5.74) is 0. The first-order valence-corrected chi connectivity index (χ1v) is 21.3. The van der Waals surface area contributed by atoms with Crippen LogP contribution in [0.3, 0.4) is 0 Å². The van der Waals surface area contributed by atoms with Crippen LogP contribution in [0.4, 0.5) is 0 Å². The molecule has 1 atom stereocenters. The molecule has 292 valence electrons. The molecule has 0 radical (unpaired) electrons. The monoisotopic (exact) mass is 705 g/mol. The molecule has 0 amide bonds. The van der Waals surface area contributed by atoms with Crippen LogP contribution in [0.5, 0.6) is 0 Å².